The topological polar surface area (TPSA) is 106 Å². The summed E-state index contributed by atoms with van der Waals surface area (Å²) in [5.41, 5.74) is -0.446. The quantitative estimate of drug-likeness (QED) is 0.521. The molecule has 3 fully saturated rings. The molecule has 11 heteroatoms. The van der Waals surface area contributed by atoms with E-state index in [0.717, 1.165) is 42.4 Å². The summed E-state index contributed by atoms with van der Waals surface area (Å²) < 4.78 is 28.5. The van der Waals surface area contributed by atoms with Gasteiger partial charge in [0.05, 0.1) is 24.6 Å². The molecule has 9 nitrogen and oxygen atoms in total. The monoisotopic (exact) mass is 541 g/mol. The van der Waals surface area contributed by atoms with Crippen LogP contribution < -0.4 is 10.2 Å². The second-order valence-electron chi connectivity index (χ2n) is 10.2. The molecule has 0 saturated carbocycles. The maximum absolute atomic E-state index is 13.7. The Balaban J connectivity index is 1.25. The molecular formula is C26H28ClN5O4S. The zero-order chi connectivity index (χ0) is 25.8. The van der Waals surface area contributed by atoms with Crippen LogP contribution in [0.25, 0.3) is 10.8 Å². The highest BCUT2D eigenvalue weighted by atomic mass is 35.5. The summed E-state index contributed by atoms with van der Waals surface area (Å²) in [6, 6.07) is 14.1. The first-order valence-electron chi connectivity index (χ1n) is 12.3. The first-order valence-corrected chi connectivity index (χ1v) is 14.1. The predicted molar refractivity (Wildman–Crippen MR) is 141 cm³/mol. The Labute approximate surface area is 220 Å². The third kappa shape index (κ3) is 4.17. The summed E-state index contributed by atoms with van der Waals surface area (Å²) in [6.07, 6.45) is 5.07. The van der Waals surface area contributed by atoms with Crippen LogP contribution in [-0.2, 0) is 14.8 Å². The molecular weight excluding hydrogens is 514 g/mol. The molecule has 1 unspecified atom stereocenters. The van der Waals surface area contributed by atoms with Crippen LogP contribution in [0.3, 0.4) is 0 Å². The van der Waals surface area contributed by atoms with Crippen molar-refractivity contribution in [1.29, 1.82) is 0 Å². The molecule has 3 aromatic rings. The number of benzene rings is 2. The van der Waals surface area contributed by atoms with Crippen LogP contribution in [0.5, 0.6) is 0 Å². The number of piperazine rings is 1. The highest BCUT2D eigenvalue weighted by molar-refractivity contribution is 7.89. The summed E-state index contributed by atoms with van der Waals surface area (Å²) in [4.78, 5) is 21.5. The molecule has 3 aliphatic heterocycles. The minimum Gasteiger partial charge on any atom is -0.392 e. The molecule has 2 aromatic carbocycles. The van der Waals surface area contributed by atoms with Crippen LogP contribution in [0.15, 0.2) is 65.8 Å². The van der Waals surface area contributed by atoms with E-state index in [0.29, 0.717) is 11.6 Å². The number of piperidine rings is 1. The molecule has 1 atom stereocenters. The van der Waals surface area contributed by atoms with Crippen molar-refractivity contribution in [1.82, 2.24) is 19.5 Å². The molecule has 194 valence electrons. The van der Waals surface area contributed by atoms with Crippen LogP contribution >= 0.6 is 11.6 Å². The molecule has 4 heterocycles. The van der Waals surface area contributed by atoms with Crippen molar-refractivity contribution in [3.05, 3.63) is 65.9 Å². The van der Waals surface area contributed by atoms with E-state index in [2.05, 4.69) is 15.2 Å². The summed E-state index contributed by atoms with van der Waals surface area (Å²) in [7, 11) is -3.98. The van der Waals surface area contributed by atoms with Crippen molar-refractivity contribution in [2.24, 2.45) is 0 Å². The first kappa shape index (κ1) is 24.6. The molecule has 6 rings (SSSR count). The summed E-state index contributed by atoms with van der Waals surface area (Å²) in [5, 5.41) is 16.2. The van der Waals surface area contributed by atoms with Gasteiger partial charge in [-0.3, -0.25) is 15.1 Å². The summed E-state index contributed by atoms with van der Waals surface area (Å²) in [5.74, 6) is -0.308. The SMILES string of the molecule is O=C1CN(S(=O)(=O)c2ccc3cc(Cl)ccc3c2)CC2(CO)NC3(CCN(c4ccncc4)CC3)CN12. The highest BCUT2D eigenvalue weighted by Gasteiger charge is 2.58. The molecule has 1 aromatic heterocycles. The number of aliphatic hydroxyl groups is 1. The van der Waals surface area contributed by atoms with Crippen molar-refractivity contribution in [3.8, 4) is 0 Å². The Hall–Kier alpha value is -2.76. The Morgan fingerprint density at radius 3 is 2.43 bits per heavy atom. The number of pyridine rings is 1. The van der Waals surface area contributed by atoms with Gasteiger partial charge in [0.25, 0.3) is 0 Å². The van der Waals surface area contributed by atoms with E-state index >= 15 is 0 Å². The number of nitrogens with zero attached hydrogens (tertiary/aromatic N) is 4. The number of hydrogen-bond acceptors (Lipinski definition) is 7. The number of carbonyl (C=O) groups is 1. The average Bonchev–Trinajstić information content (AvgIpc) is 3.24. The molecule has 0 bridgehead atoms. The number of hydrogen-bond donors (Lipinski definition) is 2. The van der Waals surface area contributed by atoms with Gasteiger partial charge in [-0.25, -0.2) is 8.42 Å². The van der Waals surface area contributed by atoms with Crippen LogP contribution in [0.4, 0.5) is 5.69 Å². The van der Waals surface area contributed by atoms with E-state index in [4.69, 9.17) is 11.6 Å². The fourth-order valence-corrected chi connectivity index (χ4v) is 7.63. The standard InChI is InChI=1S/C26H28ClN5O4S/c27-21-3-1-20-14-23(4-2-19(20)13-21)37(35,36)31-15-24(34)32-16-25(29-26(32,17-31)18-33)7-11-30(12-8-25)22-5-9-28-10-6-22/h1-6,9-10,13-14,29,33H,7-8,11-12,15-18H2. The smallest absolute Gasteiger partial charge is 0.243 e. The number of aromatic nitrogens is 1. The summed E-state index contributed by atoms with van der Waals surface area (Å²) in [6.45, 7) is 1.35. The van der Waals surface area contributed by atoms with Gasteiger partial charge in [-0.15, -0.1) is 0 Å². The van der Waals surface area contributed by atoms with Gasteiger partial charge in [0.15, 0.2) is 0 Å². The second kappa shape index (κ2) is 8.92. The molecule has 37 heavy (non-hydrogen) atoms. The fraction of sp³-hybridized carbons (Fsp3) is 0.385. The largest absolute Gasteiger partial charge is 0.392 e. The van der Waals surface area contributed by atoms with Crippen LogP contribution in [-0.4, -0.2) is 84.2 Å². The fourth-order valence-electron chi connectivity index (χ4n) is 5.97. The number of aliphatic hydroxyl groups excluding tert-OH is 1. The minimum absolute atomic E-state index is 0.0218. The van der Waals surface area contributed by atoms with Crippen LogP contribution in [0.1, 0.15) is 12.8 Å². The van der Waals surface area contributed by atoms with E-state index < -0.39 is 15.7 Å². The van der Waals surface area contributed by atoms with E-state index in [1.807, 2.05) is 12.1 Å². The lowest BCUT2D eigenvalue weighted by molar-refractivity contribution is -0.143. The number of carbonyl (C=O) groups excluding carboxylic acids is 1. The van der Waals surface area contributed by atoms with Gasteiger partial charge in [0.1, 0.15) is 5.66 Å². The lowest BCUT2D eigenvalue weighted by atomic mass is 9.88. The number of halogens is 1. The molecule has 3 aliphatic rings. The Morgan fingerprint density at radius 2 is 1.70 bits per heavy atom. The average molecular weight is 542 g/mol. The number of anilines is 1. The zero-order valence-electron chi connectivity index (χ0n) is 20.2. The maximum atomic E-state index is 13.7. The van der Waals surface area contributed by atoms with E-state index in [1.165, 1.54) is 10.4 Å². The van der Waals surface area contributed by atoms with E-state index in [-0.39, 0.29) is 36.0 Å². The van der Waals surface area contributed by atoms with Crippen molar-refractivity contribution in [3.63, 3.8) is 0 Å². The minimum atomic E-state index is -3.98. The van der Waals surface area contributed by atoms with Crippen LogP contribution in [0.2, 0.25) is 5.02 Å². The molecule has 1 spiro atoms. The van der Waals surface area contributed by atoms with Gasteiger partial charge in [0, 0.05) is 48.3 Å². The number of rotatable bonds is 4. The Bertz CT molecular complexity index is 1460. The van der Waals surface area contributed by atoms with Gasteiger partial charge >= 0.3 is 0 Å². The predicted octanol–water partition coefficient (Wildman–Crippen LogP) is 2.05. The van der Waals surface area contributed by atoms with Gasteiger partial charge in [0.2, 0.25) is 15.9 Å². The lowest BCUT2D eigenvalue weighted by Gasteiger charge is -2.45. The van der Waals surface area contributed by atoms with E-state index in [1.54, 1.807) is 47.6 Å². The molecule has 3 saturated heterocycles. The van der Waals surface area contributed by atoms with Crippen LogP contribution in [0, 0.1) is 0 Å². The Kier molecular flexibility index (Phi) is 5.92. The third-order valence-corrected chi connectivity index (χ3v) is 9.97. The van der Waals surface area contributed by atoms with Gasteiger partial charge < -0.3 is 14.9 Å². The number of sulfonamides is 1. The number of amides is 1. The Morgan fingerprint density at radius 1 is 1.00 bits per heavy atom. The number of fused-ring (bicyclic) bond motifs is 2. The third-order valence-electron chi connectivity index (χ3n) is 7.95. The van der Waals surface area contributed by atoms with Crippen molar-refractivity contribution in [2.45, 2.75) is 28.9 Å². The van der Waals surface area contributed by atoms with E-state index in [9.17, 15) is 18.3 Å². The van der Waals surface area contributed by atoms with Crippen molar-refractivity contribution in [2.75, 3.05) is 44.2 Å². The number of nitrogens with one attached hydrogen (secondary N) is 1. The summed E-state index contributed by atoms with van der Waals surface area (Å²) >= 11 is 6.07. The molecule has 0 radical (unpaired) electrons. The van der Waals surface area contributed by atoms with Crippen molar-refractivity contribution >= 4 is 44.0 Å². The zero-order valence-corrected chi connectivity index (χ0v) is 21.7. The van der Waals surface area contributed by atoms with Gasteiger partial charge in [-0.1, -0.05) is 23.7 Å². The molecule has 1 amide bonds. The van der Waals surface area contributed by atoms with Gasteiger partial charge in [-0.2, -0.15) is 4.31 Å². The van der Waals surface area contributed by atoms with Crippen molar-refractivity contribution < 1.29 is 18.3 Å². The lowest BCUT2D eigenvalue weighted by Crippen LogP contribution is -2.69. The van der Waals surface area contributed by atoms with Gasteiger partial charge in [-0.05, 0) is 60.0 Å². The second-order valence-corrected chi connectivity index (χ2v) is 12.6. The molecule has 0 aliphatic carbocycles. The maximum Gasteiger partial charge on any atom is 0.243 e. The molecule has 2 N–H and O–H groups in total. The normalized spacial score (nSPS) is 24.1. The highest BCUT2D eigenvalue weighted by Crippen LogP contribution is 2.39. The first-order chi connectivity index (χ1) is 17.7.